The fourth-order valence-electron chi connectivity index (χ4n) is 2.65. The number of nitrogens with zero attached hydrogens (tertiary/aromatic N) is 1. The number of anilines is 1. The van der Waals surface area contributed by atoms with E-state index < -0.39 is 29.7 Å². The normalized spacial score (nSPS) is 17.0. The molecule has 2 aromatic rings. The van der Waals surface area contributed by atoms with Crippen LogP contribution in [0.1, 0.15) is 5.56 Å². The summed E-state index contributed by atoms with van der Waals surface area (Å²) >= 11 is 1.35. The van der Waals surface area contributed by atoms with Gasteiger partial charge in [-0.25, -0.2) is 13.6 Å². The van der Waals surface area contributed by atoms with Gasteiger partial charge in [-0.1, -0.05) is 12.1 Å². The molecule has 0 unspecified atom stereocenters. The number of rotatable bonds is 3. The molecule has 0 aromatic heterocycles. The summed E-state index contributed by atoms with van der Waals surface area (Å²) in [6, 6.07) is 9.19. The van der Waals surface area contributed by atoms with Crippen molar-refractivity contribution >= 4 is 29.4 Å². The summed E-state index contributed by atoms with van der Waals surface area (Å²) in [5.74, 6) is -1.71. The standard InChI is InChI=1S/C17H14F2N2O3S/c18-11-5-10(6-12(19)7-11)8-21-14-3-1-2-4-15(14)25-9-13(16(21)22)20-17(23)24/h1-7,13,20H,8-9H2,(H,23,24)/t13-/m0/s1. The molecule has 5 nitrogen and oxygen atoms in total. The van der Waals surface area contributed by atoms with Gasteiger partial charge in [0.1, 0.15) is 17.7 Å². The van der Waals surface area contributed by atoms with Crippen molar-refractivity contribution < 1.29 is 23.5 Å². The first-order valence-electron chi connectivity index (χ1n) is 7.41. The molecular formula is C17H14F2N2O3S. The number of carbonyl (C=O) groups is 2. The van der Waals surface area contributed by atoms with Crippen LogP contribution in [0.2, 0.25) is 0 Å². The Kier molecular flexibility index (Phi) is 4.89. The van der Waals surface area contributed by atoms with Crippen molar-refractivity contribution in [2.75, 3.05) is 10.7 Å². The van der Waals surface area contributed by atoms with Crippen LogP contribution in [0.4, 0.5) is 19.3 Å². The molecule has 1 aliphatic heterocycles. The number of thioether (sulfide) groups is 1. The van der Waals surface area contributed by atoms with Crippen LogP contribution in [0.15, 0.2) is 47.4 Å². The summed E-state index contributed by atoms with van der Waals surface area (Å²) in [5.41, 5.74) is 0.860. The number of halogens is 2. The smallest absolute Gasteiger partial charge is 0.405 e. The van der Waals surface area contributed by atoms with Gasteiger partial charge in [0.05, 0.1) is 12.2 Å². The molecular weight excluding hydrogens is 350 g/mol. The van der Waals surface area contributed by atoms with Crippen LogP contribution < -0.4 is 10.2 Å². The highest BCUT2D eigenvalue weighted by molar-refractivity contribution is 7.99. The van der Waals surface area contributed by atoms with E-state index >= 15 is 0 Å². The van der Waals surface area contributed by atoms with Crippen molar-refractivity contribution in [2.45, 2.75) is 17.5 Å². The molecule has 0 saturated heterocycles. The first-order chi connectivity index (χ1) is 11.9. The Hall–Kier alpha value is -2.61. The third-order valence-electron chi connectivity index (χ3n) is 3.69. The maximum atomic E-state index is 13.5. The SMILES string of the molecule is O=C(O)N[C@H]1CSc2ccccc2N(Cc2cc(F)cc(F)c2)C1=O. The second-order valence-electron chi connectivity index (χ2n) is 5.48. The number of nitrogens with one attached hydrogen (secondary N) is 1. The van der Waals surface area contributed by atoms with Crippen LogP contribution in [0.5, 0.6) is 0 Å². The molecule has 8 heteroatoms. The van der Waals surface area contributed by atoms with Crippen molar-refractivity contribution in [1.82, 2.24) is 5.32 Å². The van der Waals surface area contributed by atoms with Gasteiger partial charge in [0.2, 0.25) is 0 Å². The zero-order valence-corrected chi connectivity index (χ0v) is 13.7. The Morgan fingerprint density at radius 3 is 2.60 bits per heavy atom. The molecule has 0 spiro atoms. The predicted molar refractivity (Wildman–Crippen MR) is 89.7 cm³/mol. The topological polar surface area (TPSA) is 69.6 Å². The van der Waals surface area contributed by atoms with Gasteiger partial charge in [-0.3, -0.25) is 4.79 Å². The highest BCUT2D eigenvalue weighted by Gasteiger charge is 2.31. The van der Waals surface area contributed by atoms with Crippen molar-refractivity contribution in [3.05, 3.63) is 59.7 Å². The zero-order valence-electron chi connectivity index (χ0n) is 12.9. The molecule has 1 heterocycles. The molecule has 1 atom stereocenters. The second-order valence-corrected chi connectivity index (χ2v) is 6.54. The number of fused-ring (bicyclic) bond motifs is 1. The quantitative estimate of drug-likeness (QED) is 0.877. The average molecular weight is 364 g/mol. The number of hydrogen-bond acceptors (Lipinski definition) is 3. The van der Waals surface area contributed by atoms with E-state index in [9.17, 15) is 18.4 Å². The lowest BCUT2D eigenvalue weighted by molar-refractivity contribution is -0.120. The number of carboxylic acid groups (broad SMARTS) is 1. The molecule has 0 bridgehead atoms. The van der Waals surface area contributed by atoms with E-state index in [2.05, 4.69) is 5.32 Å². The number of benzene rings is 2. The Morgan fingerprint density at radius 2 is 1.92 bits per heavy atom. The highest BCUT2D eigenvalue weighted by atomic mass is 32.2. The average Bonchev–Trinajstić information content (AvgIpc) is 2.66. The Balaban J connectivity index is 1.99. The van der Waals surface area contributed by atoms with E-state index in [4.69, 9.17) is 5.11 Å². The van der Waals surface area contributed by atoms with Gasteiger partial charge >= 0.3 is 6.09 Å². The predicted octanol–water partition coefficient (Wildman–Crippen LogP) is 3.24. The first-order valence-corrected chi connectivity index (χ1v) is 8.40. The molecule has 0 aliphatic carbocycles. The minimum absolute atomic E-state index is 0.0666. The molecule has 25 heavy (non-hydrogen) atoms. The Morgan fingerprint density at radius 1 is 1.24 bits per heavy atom. The maximum absolute atomic E-state index is 13.5. The van der Waals surface area contributed by atoms with Crippen molar-refractivity contribution in [2.24, 2.45) is 0 Å². The minimum Gasteiger partial charge on any atom is -0.465 e. The van der Waals surface area contributed by atoms with E-state index in [1.807, 2.05) is 6.07 Å². The van der Waals surface area contributed by atoms with Crippen molar-refractivity contribution in [3.8, 4) is 0 Å². The lowest BCUT2D eigenvalue weighted by Crippen LogP contribution is -2.48. The van der Waals surface area contributed by atoms with Crippen LogP contribution in [-0.2, 0) is 11.3 Å². The fourth-order valence-corrected chi connectivity index (χ4v) is 3.73. The summed E-state index contributed by atoms with van der Waals surface area (Å²) in [6.45, 7) is -0.0666. The second kappa shape index (κ2) is 7.10. The van der Waals surface area contributed by atoms with Gasteiger partial charge in [0.25, 0.3) is 5.91 Å². The zero-order chi connectivity index (χ0) is 18.0. The first kappa shape index (κ1) is 17.2. The van der Waals surface area contributed by atoms with Crippen molar-refractivity contribution in [3.63, 3.8) is 0 Å². The summed E-state index contributed by atoms with van der Waals surface area (Å²) in [6.07, 6.45) is -1.30. The van der Waals surface area contributed by atoms with Crippen LogP contribution in [0.25, 0.3) is 0 Å². The van der Waals surface area contributed by atoms with E-state index in [-0.39, 0.29) is 17.9 Å². The van der Waals surface area contributed by atoms with Gasteiger partial charge in [0, 0.05) is 16.7 Å². The summed E-state index contributed by atoms with van der Waals surface area (Å²) in [7, 11) is 0. The number of amides is 2. The summed E-state index contributed by atoms with van der Waals surface area (Å²) in [5, 5.41) is 11.2. The van der Waals surface area contributed by atoms with Gasteiger partial charge in [-0.15, -0.1) is 11.8 Å². The number of para-hydroxylation sites is 1. The molecule has 2 aromatic carbocycles. The largest absolute Gasteiger partial charge is 0.465 e. The van der Waals surface area contributed by atoms with E-state index in [1.165, 1.54) is 16.7 Å². The molecule has 2 N–H and O–H groups in total. The lowest BCUT2D eigenvalue weighted by atomic mass is 10.1. The molecule has 0 saturated carbocycles. The van der Waals surface area contributed by atoms with Gasteiger partial charge in [-0.2, -0.15) is 0 Å². The van der Waals surface area contributed by atoms with Gasteiger partial charge in [0.15, 0.2) is 0 Å². The maximum Gasteiger partial charge on any atom is 0.405 e. The molecule has 3 rings (SSSR count). The Bertz CT molecular complexity index is 811. The summed E-state index contributed by atoms with van der Waals surface area (Å²) < 4.78 is 26.9. The highest BCUT2D eigenvalue weighted by Crippen LogP contribution is 2.35. The Labute approximate surface area is 146 Å². The van der Waals surface area contributed by atoms with Crippen LogP contribution in [0, 0.1) is 11.6 Å². The lowest BCUT2D eigenvalue weighted by Gasteiger charge is -2.25. The van der Waals surface area contributed by atoms with Gasteiger partial charge < -0.3 is 15.3 Å². The molecule has 1 aliphatic rings. The molecule has 0 fully saturated rings. The third kappa shape index (κ3) is 3.90. The monoisotopic (exact) mass is 364 g/mol. The van der Waals surface area contributed by atoms with E-state index in [0.29, 0.717) is 5.69 Å². The number of carbonyl (C=O) groups excluding carboxylic acids is 1. The molecule has 2 amide bonds. The van der Waals surface area contributed by atoms with Crippen molar-refractivity contribution in [1.29, 1.82) is 0 Å². The van der Waals surface area contributed by atoms with Gasteiger partial charge in [-0.05, 0) is 29.8 Å². The molecule has 0 radical (unpaired) electrons. The number of hydrogen-bond donors (Lipinski definition) is 2. The molecule has 130 valence electrons. The van der Waals surface area contributed by atoms with E-state index in [1.54, 1.807) is 18.2 Å². The van der Waals surface area contributed by atoms with E-state index in [0.717, 1.165) is 23.1 Å². The van der Waals surface area contributed by atoms with Crippen LogP contribution >= 0.6 is 11.8 Å². The summed E-state index contributed by atoms with van der Waals surface area (Å²) in [4.78, 5) is 25.9. The third-order valence-corrected chi connectivity index (χ3v) is 4.84. The fraction of sp³-hybridized carbons (Fsp3) is 0.176. The minimum atomic E-state index is -1.30. The van der Waals surface area contributed by atoms with Crippen LogP contribution in [0.3, 0.4) is 0 Å². The van der Waals surface area contributed by atoms with Crippen LogP contribution in [-0.4, -0.2) is 28.9 Å².